The van der Waals surface area contributed by atoms with E-state index in [1.54, 1.807) is 31.0 Å². The van der Waals surface area contributed by atoms with Crippen molar-refractivity contribution in [2.24, 2.45) is 0 Å². The summed E-state index contributed by atoms with van der Waals surface area (Å²) in [5, 5.41) is 5.45. The van der Waals surface area contributed by atoms with Crippen molar-refractivity contribution in [1.82, 2.24) is 5.32 Å². The molecule has 4 heteroatoms. The maximum Gasteiger partial charge on any atom is 0.129 e. The SMILES string of the molecule is CCNC(c1ccoc1)c1cc(OC)cs1. The predicted molar refractivity (Wildman–Crippen MR) is 65.1 cm³/mol. The Morgan fingerprint density at radius 1 is 1.56 bits per heavy atom. The topological polar surface area (TPSA) is 34.4 Å². The van der Waals surface area contributed by atoms with E-state index in [4.69, 9.17) is 9.15 Å². The molecule has 86 valence electrons. The Balaban J connectivity index is 2.25. The van der Waals surface area contributed by atoms with Crippen molar-refractivity contribution in [3.63, 3.8) is 0 Å². The Morgan fingerprint density at radius 3 is 3.00 bits per heavy atom. The average molecular weight is 237 g/mol. The maximum absolute atomic E-state index is 5.20. The van der Waals surface area contributed by atoms with Crippen molar-refractivity contribution in [3.8, 4) is 5.75 Å². The molecule has 0 aromatic carbocycles. The van der Waals surface area contributed by atoms with Crippen LogP contribution >= 0.6 is 11.3 Å². The molecule has 2 aromatic rings. The summed E-state index contributed by atoms with van der Waals surface area (Å²) in [6.45, 7) is 3.01. The molecular formula is C12H15NO2S. The molecule has 0 aliphatic rings. The van der Waals surface area contributed by atoms with E-state index < -0.39 is 0 Å². The third kappa shape index (κ3) is 2.28. The zero-order valence-corrected chi connectivity index (χ0v) is 10.2. The van der Waals surface area contributed by atoms with Gasteiger partial charge in [0.25, 0.3) is 0 Å². The van der Waals surface area contributed by atoms with Gasteiger partial charge in [-0.2, -0.15) is 0 Å². The van der Waals surface area contributed by atoms with Crippen molar-refractivity contribution in [3.05, 3.63) is 40.5 Å². The van der Waals surface area contributed by atoms with Crippen molar-refractivity contribution >= 4 is 11.3 Å². The van der Waals surface area contributed by atoms with E-state index in [-0.39, 0.29) is 6.04 Å². The van der Waals surface area contributed by atoms with Gasteiger partial charge in [-0.3, -0.25) is 0 Å². The summed E-state index contributed by atoms with van der Waals surface area (Å²) < 4.78 is 10.3. The largest absolute Gasteiger partial charge is 0.496 e. The van der Waals surface area contributed by atoms with Gasteiger partial charge in [-0.05, 0) is 18.7 Å². The molecular weight excluding hydrogens is 222 g/mol. The number of rotatable bonds is 5. The molecule has 0 saturated carbocycles. The van der Waals surface area contributed by atoms with E-state index in [0.29, 0.717) is 0 Å². The van der Waals surface area contributed by atoms with Crippen LogP contribution in [0.25, 0.3) is 0 Å². The number of nitrogens with one attached hydrogen (secondary N) is 1. The lowest BCUT2D eigenvalue weighted by molar-refractivity contribution is 0.416. The first-order valence-corrected chi connectivity index (χ1v) is 6.11. The van der Waals surface area contributed by atoms with Crippen molar-refractivity contribution < 1.29 is 9.15 Å². The molecule has 0 amide bonds. The Bertz CT molecular complexity index is 422. The third-order valence-electron chi connectivity index (χ3n) is 2.40. The Hall–Kier alpha value is -1.26. The molecule has 2 rings (SSSR count). The van der Waals surface area contributed by atoms with E-state index in [9.17, 15) is 0 Å². The van der Waals surface area contributed by atoms with Crippen LogP contribution in [0.5, 0.6) is 5.75 Å². The minimum atomic E-state index is 0.192. The van der Waals surface area contributed by atoms with Crippen LogP contribution in [0.1, 0.15) is 23.4 Å². The number of ether oxygens (including phenoxy) is 1. The van der Waals surface area contributed by atoms with Crippen LogP contribution in [0.15, 0.2) is 34.5 Å². The molecule has 1 atom stereocenters. The highest BCUT2D eigenvalue weighted by Crippen LogP contribution is 2.31. The highest BCUT2D eigenvalue weighted by atomic mass is 32.1. The van der Waals surface area contributed by atoms with Gasteiger partial charge in [0.05, 0.1) is 25.7 Å². The maximum atomic E-state index is 5.20. The molecule has 3 nitrogen and oxygen atoms in total. The van der Waals surface area contributed by atoms with E-state index in [0.717, 1.165) is 17.9 Å². The van der Waals surface area contributed by atoms with E-state index in [1.807, 2.05) is 11.4 Å². The molecule has 0 radical (unpaired) electrons. The van der Waals surface area contributed by atoms with Gasteiger partial charge in [-0.1, -0.05) is 6.92 Å². The molecule has 0 aliphatic carbocycles. The predicted octanol–water partition coefficient (Wildman–Crippen LogP) is 3.05. The third-order valence-corrected chi connectivity index (χ3v) is 3.38. The van der Waals surface area contributed by atoms with Crippen LogP contribution in [0.2, 0.25) is 0 Å². The minimum Gasteiger partial charge on any atom is -0.496 e. The Morgan fingerprint density at radius 2 is 2.44 bits per heavy atom. The van der Waals surface area contributed by atoms with Gasteiger partial charge in [0.15, 0.2) is 0 Å². The van der Waals surface area contributed by atoms with Gasteiger partial charge >= 0.3 is 0 Å². The fourth-order valence-electron chi connectivity index (χ4n) is 1.62. The first-order chi connectivity index (χ1) is 7.85. The summed E-state index contributed by atoms with van der Waals surface area (Å²) in [7, 11) is 1.69. The lowest BCUT2D eigenvalue weighted by Gasteiger charge is -2.13. The first kappa shape index (κ1) is 11.2. The molecule has 16 heavy (non-hydrogen) atoms. The van der Waals surface area contributed by atoms with Crippen LogP contribution in [-0.2, 0) is 0 Å². The number of furan rings is 1. The van der Waals surface area contributed by atoms with Gasteiger partial charge in [0, 0.05) is 15.8 Å². The van der Waals surface area contributed by atoms with Crippen molar-refractivity contribution in [1.29, 1.82) is 0 Å². The second-order valence-corrected chi connectivity index (χ2v) is 4.38. The fourth-order valence-corrected chi connectivity index (χ4v) is 2.58. The summed E-state index contributed by atoms with van der Waals surface area (Å²) in [6.07, 6.45) is 3.48. The lowest BCUT2D eigenvalue weighted by Crippen LogP contribution is -2.20. The van der Waals surface area contributed by atoms with Gasteiger partial charge < -0.3 is 14.5 Å². The van der Waals surface area contributed by atoms with E-state index >= 15 is 0 Å². The molecule has 0 spiro atoms. The molecule has 2 heterocycles. The molecule has 0 fully saturated rings. The molecule has 0 aliphatic heterocycles. The Labute approximate surface area is 99.0 Å². The zero-order valence-electron chi connectivity index (χ0n) is 9.40. The van der Waals surface area contributed by atoms with Crippen LogP contribution in [0.4, 0.5) is 0 Å². The second kappa shape index (κ2) is 5.18. The summed E-state index contributed by atoms with van der Waals surface area (Å²) in [5.41, 5.74) is 1.14. The van der Waals surface area contributed by atoms with E-state index in [1.165, 1.54) is 4.88 Å². The number of hydrogen-bond acceptors (Lipinski definition) is 4. The lowest BCUT2D eigenvalue weighted by atomic mass is 10.1. The fraction of sp³-hybridized carbons (Fsp3) is 0.333. The Kier molecular flexibility index (Phi) is 3.64. The zero-order chi connectivity index (χ0) is 11.4. The molecule has 0 bridgehead atoms. The average Bonchev–Trinajstić information content (AvgIpc) is 2.97. The summed E-state index contributed by atoms with van der Waals surface area (Å²) in [6, 6.07) is 4.24. The second-order valence-electron chi connectivity index (χ2n) is 3.44. The van der Waals surface area contributed by atoms with Gasteiger partial charge in [0.1, 0.15) is 5.75 Å². The smallest absolute Gasteiger partial charge is 0.129 e. The summed E-state index contributed by atoms with van der Waals surface area (Å²) in [5.74, 6) is 0.909. The monoisotopic (exact) mass is 237 g/mol. The number of thiophene rings is 1. The van der Waals surface area contributed by atoms with Gasteiger partial charge in [-0.15, -0.1) is 11.3 Å². The molecule has 1 N–H and O–H groups in total. The van der Waals surface area contributed by atoms with Gasteiger partial charge in [0.2, 0.25) is 0 Å². The van der Waals surface area contributed by atoms with E-state index in [2.05, 4.69) is 18.3 Å². The molecule has 2 aromatic heterocycles. The van der Waals surface area contributed by atoms with Crippen LogP contribution < -0.4 is 10.1 Å². The number of methoxy groups -OCH3 is 1. The van der Waals surface area contributed by atoms with Crippen molar-refractivity contribution in [2.45, 2.75) is 13.0 Å². The number of hydrogen-bond donors (Lipinski definition) is 1. The molecule has 1 unspecified atom stereocenters. The highest BCUT2D eigenvalue weighted by Gasteiger charge is 2.16. The standard InChI is InChI=1S/C12H15NO2S/c1-3-13-12(9-4-5-15-7-9)11-6-10(14-2)8-16-11/h4-8,12-13H,3H2,1-2H3. The van der Waals surface area contributed by atoms with Crippen LogP contribution in [0, 0.1) is 0 Å². The first-order valence-electron chi connectivity index (χ1n) is 5.23. The summed E-state index contributed by atoms with van der Waals surface area (Å²) in [4.78, 5) is 1.24. The van der Waals surface area contributed by atoms with Crippen LogP contribution in [0.3, 0.4) is 0 Å². The normalized spacial score (nSPS) is 12.6. The van der Waals surface area contributed by atoms with Crippen molar-refractivity contribution in [2.75, 3.05) is 13.7 Å². The van der Waals surface area contributed by atoms with Gasteiger partial charge in [-0.25, -0.2) is 0 Å². The minimum absolute atomic E-state index is 0.192. The molecule has 0 saturated heterocycles. The quantitative estimate of drug-likeness (QED) is 0.868. The van der Waals surface area contributed by atoms with Crippen LogP contribution in [-0.4, -0.2) is 13.7 Å². The highest BCUT2D eigenvalue weighted by molar-refractivity contribution is 7.10. The summed E-state index contributed by atoms with van der Waals surface area (Å²) >= 11 is 1.69.